The molecule has 1 amide bonds. The Morgan fingerprint density at radius 3 is 2.77 bits per heavy atom. The molecule has 4 nitrogen and oxygen atoms in total. The van der Waals surface area contributed by atoms with Crippen LogP contribution in [0.25, 0.3) is 0 Å². The fraction of sp³-hybridized carbons (Fsp3) is 0.889. The largest absolute Gasteiger partial charge is 0.342 e. The van der Waals surface area contributed by atoms with E-state index in [1.54, 1.807) is 0 Å². The van der Waals surface area contributed by atoms with Gasteiger partial charge in [0.15, 0.2) is 0 Å². The van der Waals surface area contributed by atoms with Crippen LogP contribution in [0.2, 0.25) is 0 Å². The van der Waals surface area contributed by atoms with Gasteiger partial charge in [-0.25, -0.2) is 0 Å². The number of piperidine rings is 1. The molecule has 4 heteroatoms. The Labute approximate surface area is 78.7 Å². The molecule has 2 saturated heterocycles. The van der Waals surface area contributed by atoms with Gasteiger partial charge in [-0.05, 0) is 32.5 Å². The summed E-state index contributed by atoms with van der Waals surface area (Å²) < 4.78 is 0. The number of rotatable bonds is 1. The topological polar surface area (TPSA) is 44.4 Å². The molecule has 0 aromatic carbocycles. The number of amides is 1. The molecule has 0 aliphatic carbocycles. The van der Waals surface area contributed by atoms with Crippen LogP contribution in [0.15, 0.2) is 0 Å². The van der Waals surface area contributed by atoms with Crippen LogP contribution in [0, 0.1) is 0 Å². The highest BCUT2D eigenvalue weighted by atomic mass is 16.2. The number of carbonyl (C=O) groups excluding carboxylic acids is 1. The molecule has 0 bridgehead atoms. The molecule has 2 fully saturated rings. The lowest BCUT2D eigenvalue weighted by atomic mass is 9.87. The van der Waals surface area contributed by atoms with Crippen molar-refractivity contribution in [3.05, 3.63) is 0 Å². The van der Waals surface area contributed by atoms with E-state index in [-0.39, 0.29) is 11.4 Å². The van der Waals surface area contributed by atoms with Crippen LogP contribution in [-0.2, 0) is 4.79 Å². The molecule has 2 rings (SSSR count). The molecular formula is C9H17N3O. The molecule has 0 atom stereocenters. The zero-order chi connectivity index (χ0) is 9.31. The number of likely N-dealkylation sites (N-methyl/N-ethyl adjacent to an activating group) is 1. The first-order valence-electron chi connectivity index (χ1n) is 5.04. The van der Waals surface area contributed by atoms with Crippen LogP contribution in [0.4, 0.5) is 0 Å². The number of nitrogens with one attached hydrogen (secondary N) is 2. The van der Waals surface area contributed by atoms with Gasteiger partial charge in [0.05, 0.1) is 6.67 Å². The highest BCUT2D eigenvalue weighted by Gasteiger charge is 2.47. The quantitative estimate of drug-likeness (QED) is 0.577. The number of hydrogen-bond acceptors (Lipinski definition) is 3. The second kappa shape index (κ2) is 3.27. The van der Waals surface area contributed by atoms with Gasteiger partial charge >= 0.3 is 0 Å². The summed E-state index contributed by atoms with van der Waals surface area (Å²) in [5.41, 5.74) is -0.181. The van der Waals surface area contributed by atoms with Gasteiger partial charge in [0.1, 0.15) is 5.54 Å². The standard InChI is InChI=1S/C9H17N3O/c1-2-12-7-11-8(13)9(12)3-5-10-6-4-9/h10H,2-7H2,1H3,(H,11,13). The van der Waals surface area contributed by atoms with Crippen molar-refractivity contribution in [2.24, 2.45) is 0 Å². The third-order valence-corrected chi connectivity index (χ3v) is 3.27. The minimum absolute atomic E-state index is 0.181. The van der Waals surface area contributed by atoms with Crippen molar-refractivity contribution in [3.8, 4) is 0 Å². The van der Waals surface area contributed by atoms with Gasteiger partial charge in [0, 0.05) is 0 Å². The van der Waals surface area contributed by atoms with Crippen molar-refractivity contribution in [2.45, 2.75) is 25.3 Å². The smallest absolute Gasteiger partial charge is 0.241 e. The maximum Gasteiger partial charge on any atom is 0.241 e. The number of hydrogen-bond donors (Lipinski definition) is 2. The monoisotopic (exact) mass is 183 g/mol. The Morgan fingerprint density at radius 1 is 1.46 bits per heavy atom. The van der Waals surface area contributed by atoms with Crippen molar-refractivity contribution in [1.82, 2.24) is 15.5 Å². The molecule has 2 aliphatic rings. The average Bonchev–Trinajstić information content (AvgIpc) is 2.46. The van der Waals surface area contributed by atoms with Crippen molar-refractivity contribution < 1.29 is 4.79 Å². The van der Waals surface area contributed by atoms with E-state index in [0.29, 0.717) is 0 Å². The van der Waals surface area contributed by atoms with Crippen molar-refractivity contribution in [3.63, 3.8) is 0 Å². The summed E-state index contributed by atoms with van der Waals surface area (Å²) in [6.07, 6.45) is 1.90. The van der Waals surface area contributed by atoms with Gasteiger partial charge in [-0.1, -0.05) is 6.92 Å². The van der Waals surface area contributed by atoms with Crippen LogP contribution in [0.5, 0.6) is 0 Å². The van der Waals surface area contributed by atoms with Gasteiger partial charge in [-0.15, -0.1) is 0 Å². The van der Waals surface area contributed by atoms with E-state index in [2.05, 4.69) is 22.5 Å². The Balaban J connectivity index is 2.19. The lowest BCUT2D eigenvalue weighted by molar-refractivity contribution is -0.127. The average molecular weight is 183 g/mol. The van der Waals surface area contributed by atoms with E-state index >= 15 is 0 Å². The van der Waals surface area contributed by atoms with Crippen LogP contribution < -0.4 is 10.6 Å². The summed E-state index contributed by atoms with van der Waals surface area (Å²) in [6.45, 7) is 5.73. The van der Waals surface area contributed by atoms with E-state index < -0.39 is 0 Å². The normalized spacial score (nSPS) is 27.9. The molecule has 0 unspecified atom stereocenters. The maximum absolute atomic E-state index is 11.7. The van der Waals surface area contributed by atoms with Gasteiger partial charge < -0.3 is 10.6 Å². The van der Waals surface area contributed by atoms with Crippen LogP contribution in [-0.4, -0.2) is 42.6 Å². The molecule has 0 radical (unpaired) electrons. The van der Waals surface area contributed by atoms with E-state index in [4.69, 9.17) is 0 Å². The Morgan fingerprint density at radius 2 is 2.15 bits per heavy atom. The van der Waals surface area contributed by atoms with Crippen LogP contribution >= 0.6 is 0 Å². The molecule has 1 spiro atoms. The third-order valence-electron chi connectivity index (χ3n) is 3.27. The predicted molar refractivity (Wildman–Crippen MR) is 50.2 cm³/mol. The highest BCUT2D eigenvalue weighted by molar-refractivity contribution is 5.88. The van der Waals surface area contributed by atoms with Crippen LogP contribution in [0.1, 0.15) is 19.8 Å². The highest BCUT2D eigenvalue weighted by Crippen LogP contribution is 2.29. The summed E-state index contributed by atoms with van der Waals surface area (Å²) in [5.74, 6) is 0.232. The number of carbonyl (C=O) groups is 1. The van der Waals surface area contributed by atoms with E-state index in [9.17, 15) is 4.79 Å². The minimum Gasteiger partial charge on any atom is -0.342 e. The summed E-state index contributed by atoms with van der Waals surface area (Å²) in [6, 6.07) is 0. The second-order valence-electron chi connectivity index (χ2n) is 3.80. The predicted octanol–water partition coefficient (Wildman–Crippen LogP) is -0.482. The fourth-order valence-electron chi connectivity index (χ4n) is 2.42. The van der Waals surface area contributed by atoms with E-state index in [1.807, 2.05) is 0 Å². The molecule has 2 aliphatic heterocycles. The molecule has 74 valence electrons. The van der Waals surface area contributed by atoms with Crippen LogP contribution in [0.3, 0.4) is 0 Å². The maximum atomic E-state index is 11.7. The SMILES string of the molecule is CCN1CNC(=O)C12CCNCC2. The second-order valence-corrected chi connectivity index (χ2v) is 3.80. The number of nitrogens with zero attached hydrogens (tertiary/aromatic N) is 1. The van der Waals surface area contributed by atoms with E-state index in [0.717, 1.165) is 39.1 Å². The molecule has 2 N–H and O–H groups in total. The van der Waals surface area contributed by atoms with Gasteiger partial charge in [-0.3, -0.25) is 9.69 Å². The molecule has 0 aromatic rings. The third kappa shape index (κ3) is 1.25. The first-order valence-corrected chi connectivity index (χ1v) is 5.04. The van der Waals surface area contributed by atoms with Crippen molar-refractivity contribution in [2.75, 3.05) is 26.3 Å². The molecule has 13 heavy (non-hydrogen) atoms. The molecule has 2 heterocycles. The summed E-state index contributed by atoms with van der Waals surface area (Å²) in [7, 11) is 0. The lowest BCUT2D eigenvalue weighted by Gasteiger charge is -2.38. The molecule has 0 saturated carbocycles. The molecule has 0 aromatic heterocycles. The minimum atomic E-state index is -0.181. The first-order chi connectivity index (χ1) is 6.29. The van der Waals surface area contributed by atoms with Crippen molar-refractivity contribution in [1.29, 1.82) is 0 Å². The van der Waals surface area contributed by atoms with Gasteiger partial charge in [0.25, 0.3) is 0 Å². The molecular weight excluding hydrogens is 166 g/mol. The first kappa shape index (κ1) is 8.97. The van der Waals surface area contributed by atoms with E-state index in [1.165, 1.54) is 0 Å². The Bertz CT molecular complexity index is 211. The zero-order valence-electron chi connectivity index (χ0n) is 8.10. The Kier molecular flexibility index (Phi) is 2.26. The summed E-state index contributed by atoms with van der Waals surface area (Å²) in [4.78, 5) is 14.0. The lowest BCUT2D eigenvalue weighted by Crippen LogP contribution is -2.55. The Hall–Kier alpha value is -0.610. The summed E-state index contributed by atoms with van der Waals surface area (Å²) >= 11 is 0. The van der Waals surface area contributed by atoms with Gasteiger partial charge in [0.2, 0.25) is 5.91 Å². The fourth-order valence-corrected chi connectivity index (χ4v) is 2.42. The van der Waals surface area contributed by atoms with Crippen molar-refractivity contribution >= 4 is 5.91 Å². The van der Waals surface area contributed by atoms with Gasteiger partial charge in [-0.2, -0.15) is 0 Å². The zero-order valence-corrected chi connectivity index (χ0v) is 8.10. The summed E-state index contributed by atoms with van der Waals surface area (Å²) in [5, 5.41) is 6.23.